The van der Waals surface area contributed by atoms with Gasteiger partial charge >= 0.3 is 5.97 Å². The Balaban J connectivity index is 2.89. The van der Waals surface area contributed by atoms with Gasteiger partial charge in [-0.3, -0.25) is 4.79 Å². The van der Waals surface area contributed by atoms with E-state index in [0.29, 0.717) is 5.56 Å². The first-order valence-corrected chi connectivity index (χ1v) is 4.21. The fraction of sp³-hybridized carbons (Fsp3) is 0.200. The van der Waals surface area contributed by atoms with Crippen LogP contribution >= 0.6 is 0 Å². The number of halogens is 1. The van der Waals surface area contributed by atoms with E-state index < -0.39 is 17.8 Å². The van der Waals surface area contributed by atoms with Crippen LogP contribution in [-0.4, -0.2) is 17.1 Å². The van der Waals surface area contributed by atoms with Gasteiger partial charge in [0.2, 0.25) is 0 Å². The number of aliphatic carboxylic acids is 1. The van der Waals surface area contributed by atoms with Crippen LogP contribution in [0.4, 0.5) is 4.39 Å². The summed E-state index contributed by atoms with van der Waals surface area (Å²) >= 11 is 0. The predicted octanol–water partition coefficient (Wildman–Crippen LogP) is 0.652. The first-order chi connectivity index (χ1) is 7.04. The lowest BCUT2D eigenvalue weighted by atomic mass is 10.0. The topological polar surface area (TPSA) is 87.1 Å². The molecule has 1 aromatic carbocycles. The summed E-state index contributed by atoms with van der Waals surface area (Å²) in [6.07, 6.45) is 0.0737. The zero-order valence-corrected chi connectivity index (χ0v) is 7.77. The summed E-state index contributed by atoms with van der Waals surface area (Å²) in [6, 6.07) is 4.48. The average molecular weight is 208 g/mol. The van der Waals surface area contributed by atoms with E-state index in [4.69, 9.17) is 16.1 Å². The maximum atomic E-state index is 12.9. The second-order valence-corrected chi connectivity index (χ2v) is 3.07. The molecule has 0 heterocycles. The van der Waals surface area contributed by atoms with Gasteiger partial charge in [0.05, 0.1) is 5.56 Å². The summed E-state index contributed by atoms with van der Waals surface area (Å²) in [5.74, 6) is -1.75. The molecule has 1 atom stereocenters. The van der Waals surface area contributed by atoms with Crippen molar-refractivity contribution in [2.45, 2.75) is 12.5 Å². The fourth-order valence-electron chi connectivity index (χ4n) is 1.13. The average Bonchev–Trinajstić information content (AvgIpc) is 2.20. The van der Waals surface area contributed by atoms with Gasteiger partial charge in [0, 0.05) is 0 Å². The van der Waals surface area contributed by atoms with Crippen LogP contribution in [-0.2, 0) is 11.2 Å². The van der Waals surface area contributed by atoms with Crippen LogP contribution in [0.5, 0.6) is 0 Å². The zero-order valence-electron chi connectivity index (χ0n) is 7.77. The van der Waals surface area contributed by atoms with Gasteiger partial charge in [0.15, 0.2) is 0 Å². The van der Waals surface area contributed by atoms with Gasteiger partial charge in [-0.1, -0.05) is 6.07 Å². The van der Waals surface area contributed by atoms with E-state index in [1.165, 1.54) is 12.1 Å². The molecule has 0 aliphatic heterocycles. The Morgan fingerprint density at radius 3 is 2.87 bits per heavy atom. The number of carbonyl (C=O) groups is 1. The Morgan fingerprint density at radius 1 is 1.67 bits per heavy atom. The van der Waals surface area contributed by atoms with Crippen molar-refractivity contribution in [1.82, 2.24) is 0 Å². The number of nitriles is 1. The lowest BCUT2D eigenvalue weighted by molar-refractivity contribution is -0.138. The second-order valence-electron chi connectivity index (χ2n) is 3.07. The normalized spacial score (nSPS) is 11.8. The molecule has 0 aliphatic rings. The van der Waals surface area contributed by atoms with Crippen molar-refractivity contribution in [3.05, 3.63) is 35.1 Å². The van der Waals surface area contributed by atoms with Crippen LogP contribution in [0.2, 0.25) is 0 Å². The smallest absolute Gasteiger partial charge is 0.320 e. The maximum Gasteiger partial charge on any atom is 0.320 e. The second kappa shape index (κ2) is 4.53. The Kier molecular flexibility index (Phi) is 3.37. The lowest BCUT2D eigenvalue weighted by Crippen LogP contribution is -2.32. The van der Waals surface area contributed by atoms with Crippen molar-refractivity contribution < 1.29 is 14.3 Å². The summed E-state index contributed by atoms with van der Waals surface area (Å²) in [6.45, 7) is 0. The molecular weight excluding hydrogens is 199 g/mol. The van der Waals surface area contributed by atoms with Gasteiger partial charge in [-0.25, -0.2) is 4.39 Å². The van der Waals surface area contributed by atoms with E-state index in [0.717, 1.165) is 6.07 Å². The van der Waals surface area contributed by atoms with Crippen LogP contribution in [0.25, 0.3) is 0 Å². The molecule has 15 heavy (non-hydrogen) atoms. The quantitative estimate of drug-likeness (QED) is 0.763. The van der Waals surface area contributed by atoms with Crippen molar-refractivity contribution >= 4 is 5.97 Å². The van der Waals surface area contributed by atoms with Crippen molar-refractivity contribution in [3.63, 3.8) is 0 Å². The van der Waals surface area contributed by atoms with Crippen LogP contribution in [0.3, 0.4) is 0 Å². The summed E-state index contributed by atoms with van der Waals surface area (Å²) in [4.78, 5) is 10.5. The summed E-state index contributed by atoms with van der Waals surface area (Å²) in [7, 11) is 0. The number of carboxylic acid groups (broad SMARTS) is 1. The van der Waals surface area contributed by atoms with Crippen LogP contribution < -0.4 is 5.73 Å². The van der Waals surface area contributed by atoms with E-state index in [1.54, 1.807) is 6.07 Å². The van der Waals surface area contributed by atoms with Gasteiger partial charge in [0.1, 0.15) is 17.9 Å². The van der Waals surface area contributed by atoms with Crippen LogP contribution in [0.15, 0.2) is 18.2 Å². The Labute approximate surface area is 85.7 Å². The van der Waals surface area contributed by atoms with E-state index in [2.05, 4.69) is 0 Å². The first-order valence-electron chi connectivity index (χ1n) is 4.21. The van der Waals surface area contributed by atoms with Gasteiger partial charge in [-0.05, 0) is 24.1 Å². The molecule has 1 unspecified atom stereocenters. The van der Waals surface area contributed by atoms with Crippen LogP contribution in [0, 0.1) is 17.1 Å². The molecule has 0 saturated heterocycles. The molecule has 0 aromatic heterocycles. The highest BCUT2D eigenvalue weighted by Gasteiger charge is 2.13. The largest absolute Gasteiger partial charge is 0.480 e. The molecule has 1 aromatic rings. The number of rotatable bonds is 3. The molecule has 5 heteroatoms. The van der Waals surface area contributed by atoms with Crippen molar-refractivity contribution in [1.29, 1.82) is 5.26 Å². The molecule has 0 bridgehead atoms. The third-order valence-corrected chi connectivity index (χ3v) is 1.92. The number of carboxylic acids is 1. The fourth-order valence-corrected chi connectivity index (χ4v) is 1.13. The highest BCUT2D eigenvalue weighted by Crippen LogP contribution is 2.10. The Morgan fingerprint density at radius 2 is 2.33 bits per heavy atom. The molecule has 4 nitrogen and oxygen atoms in total. The molecule has 0 radical (unpaired) electrons. The van der Waals surface area contributed by atoms with E-state index in [1.807, 2.05) is 0 Å². The SMILES string of the molecule is N#Cc1cc(CC(N)C(=O)O)ccc1F. The van der Waals surface area contributed by atoms with Crippen LogP contribution in [0.1, 0.15) is 11.1 Å². The highest BCUT2D eigenvalue weighted by molar-refractivity contribution is 5.73. The minimum atomic E-state index is -1.13. The number of nitrogens with zero attached hydrogens (tertiary/aromatic N) is 1. The van der Waals surface area contributed by atoms with Crippen molar-refractivity contribution in [2.24, 2.45) is 5.73 Å². The van der Waals surface area contributed by atoms with Gasteiger partial charge < -0.3 is 10.8 Å². The first kappa shape index (κ1) is 11.1. The van der Waals surface area contributed by atoms with E-state index in [9.17, 15) is 9.18 Å². The number of benzene rings is 1. The molecule has 0 saturated carbocycles. The van der Waals surface area contributed by atoms with Gasteiger partial charge in [-0.2, -0.15) is 5.26 Å². The molecule has 0 fully saturated rings. The summed E-state index contributed by atoms with van der Waals surface area (Å²) in [5.41, 5.74) is 5.73. The number of nitrogens with two attached hydrogens (primary N) is 1. The molecule has 0 aliphatic carbocycles. The molecule has 78 valence electrons. The monoisotopic (exact) mass is 208 g/mol. The minimum Gasteiger partial charge on any atom is -0.480 e. The molecule has 3 N–H and O–H groups in total. The lowest BCUT2D eigenvalue weighted by Gasteiger charge is -2.06. The third-order valence-electron chi connectivity index (χ3n) is 1.92. The molecule has 1 rings (SSSR count). The standard InChI is InChI=1S/C10H9FN2O2/c11-8-2-1-6(3-7(8)5-12)4-9(13)10(14)15/h1-3,9H,4,13H2,(H,14,15). The third kappa shape index (κ3) is 2.76. The summed E-state index contributed by atoms with van der Waals surface area (Å²) < 4.78 is 12.9. The van der Waals surface area contributed by atoms with Gasteiger partial charge in [-0.15, -0.1) is 0 Å². The zero-order chi connectivity index (χ0) is 11.4. The Hall–Kier alpha value is -1.93. The predicted molar refractivity (Wildman–Crippen MR) is 50.4 cm³/mol. The Bertz CT molecular complexity index is 426. The molecular formula is C10H9FN2O2. The summed E-state index contributed by atoms with van der Waals surface area (Å²) in [5, 5.41) is 17.1. The minimum absolute atomic E-state index is 0.0737. The molecule has 0 spiro atoms. The van der Waals surface area contributed by atoms with Crippen molar-refractivity contribution in [2.75, 3.05) is 0 Å². The number of hydrogen-bond donors (Lipinski definition) is 2. The highest BCUT2D eigenvalue weighted by atomic mass is 19.1. The van der Waals surface area contributed by atoms with Crippen molar-refractivity contribution in [3.8, 4) is 6.07 Å². The number of hydrogen-bond acceptors (Lipinski definition) is 3. The molecule has 0 amide bonds. The van der Waals surface area contributed by atoms with E-state index in [-0.39, 0.29) is 12.0 Å². The maximum absolute atomic E-state index is 12.9. The van der Waals surface area contributed by atoms with E-state index >= 15 is 0 Å². The van der Waals surface area contributed by atoms with Gasteiger partial charge in [0.25, 0.3) is 0 Å².